The third-order valence-corrected chi connectivity index (χ3v) is 3.14. The summed E-state index contributed by atoms with van der Waals surface area (Å²) in [6.07, 6.45) is 1.63. The van der Waals surface area contributed by atoms with Crippen LogP contribution in [0.2, 0.25) is 0 Å². The SMILES string of the molecule is O=C(Nc1nnc(-c2ccccn2)o1)c1cccs1. The van der Waals surface area contributed by atoms with Gasteiger partial charge in [-0.25, -0.2) is 0 Å². The predicted octanol–water partition coefficient (Wildman–Crippen LogP) is 2.45. The highest BCUT2D eigenvalue weighted by Gasteiger charge is 2.13. The van der Waals surface area contributed by atoms with Crippen molar-refractivity contribution in [3.63, 3.8) is 0 Å². The summed E-state index contributed by atoms with van der Waals surface area (Å²) in [6.45, 7) is 0. The lowest BCUT2D eigenvalue weighted by Gasteiger charge is -1.96. The second-order valence-electron chi connectivity index (χ2n) is 3.56. The molecule has 19 heavy (non-hydrogen) atoms. The number of hydrogen-bond donors (Lipinski definition) is 1. The molecular formula is C12H8N4O2S. The van der Waals surface area contributed by atoms with Crippen molar-refractivity contribution in [3.05, 3.63) is 46.8 Å². The fraction of sp³-hybridized carbons (Fsp3) is 0. The molecule has 0 spiro atoms. The molecule has 3 rings (SSSR count). The third kappa shape index (κ3) is 2.50. The van der Waals surface area contributed by atoms with E-state index in [1.54, 1.807) is 30.5 Å². The number of nitrogens with zero attached hydrogens (tertiary/aromatic N) is 3. The second-order valence-corrected chi connectivity index (χ2v) is 4.51. The van der Waals surface area contributed by atoms with Crippen LogP contribution < -0.4 is 5.32 Å². The van der Waals surface area contributed by atoms with E-state index in [4.69, 9.17) is 4.42 Å². The normalized spacial score (nSPS) is 10.3. The molecule has 0 aliphatic carbocycles. The molecule has 0 aromatic carbocycles. The molecule has 94 valence electrons. The van der Waals surface area contributed by atoms with E-state index in [0.29, 0.717) is 10.6 Å². The second kappa shape index (κ2) is 4.99. The maximum atomic E-state index is 11.8. The van der Waals surface area contributed by atoms with Gasteiger partial charge in [0.2, 0.25) is 0 Å². The van der Waals surface area contributed by atoms with Crippen molar-refractivity contribution in [2.75, 3.05) is 5.32 Å². The molecule has 0 atom stereocenters. The van der Waals surface area contributed by atoms with Gasteiger partial charge in [0.05, 0.1) is 4.88 Å². The Hall–Kier alpha value is -2.54. The summed E-state index contributed by atoms with van der Waals surface area (Å²) in [7, 11) is 0. The number of pyridine rings is 1. The van der Waals surface area contributed by atoms with E-state index in [1.807, 2.05) is 11.4 Å². The highest BCUT2D eigenvalue weighted by molar-refractivity contribution is 7.12. The Morgan fingerprint density at radius 3 is 2.89 bits per heavy atom. The Bertz CT molecular complexity index is 679. The average molecular weight is 272 g/mol. The van der Waals surface area contributed by atoms with E-state index in [2.05, 4.69) is 20.5 Å². The van der Waals surface area contributed by atoms with Crippen LogP contribution in [-0.4, -0.2) is 21.1 Å². The van der Waals surface area contributed by atoms with Crippen LogP contribution in [0.15, 0.2) is 46.3 Å². The molecule has 3 heterocycles. The third-order valence-electron chi connectivity index (χ3n) is 2.27. The number of nitrogens with one attached hydrogen (secondary N) is 1. The zero-order valence-electron chi connectivity index (χ0n) is 9.61. The van der Waals surface area contributed by atoms with Gasteiger partial charge in [0.1, 0.15) is 5.69 Å². The summed E-state index contributed by atoms with van der Waals surface area (Å²) in [5.74, 6) is -0.00620. The smallest absolute Gasteiger partial charge is 0.322 e. The molecule has 0 aliphatic rings. The van der Waals surface area contributed by atoms with E-state index in [-0.39, 0.29) is 17.8 Å². The van der Waals surface area contributed by atoms with Gasteiger partial charge in [0, 0.05) is 6.20 Å². The number of hydrogen-bond acceptors (Lipinski definition) is 6. The molecule has 0 unspecified atom stereocenters. The van der Waals surface area contributed by atoms with Crippen molar-refractivity contribution in [3.8, 4) is 11.6 Å². The maximum absolute atomic E-state index is 11.8. The van der Waals surface area contributed by atoms with E-state index in [0.717, 1.165) is 0 Å². The van der Waals surface area contributed by atoms with Crippen LogP contribution in [0, 0.1) is 0 Å². The molecule has 1 amide bonds. The zero-order valence-corrected chi connectivity index (χ0v) is 10.4. The predicted molar refractivity (Wildman–Crippen MR) is 69.8 cm³/mol. The minimum atomic E-state index is -0.272. The summed E-state index contributed by atoms with van der Waals surface area (Å²) in [4.78, 5) is 16.4. The highest BCUT2D eigenvalue weighted by atomic mass is 32.1. The Morgan fingerprint density at radius 1 is 1.21 bits per heavy atom. The van der Waals surface area contributed by atoms with Gasteiger partial charge in [-0.05, 0) is 23.6 Å². The van der Waals surface area contributed by atoms with Crippen LogP contribution in [0.5, 0.6) is 0 Å². The Morgan fingerprint density at radius 2 is 2.16 bits per heavy atom. The summed E-state index contributed by atoms with van der Waals surface area (Å²) >= 11 is 1.34. The molecule has 1 N–H and O–H groups in total. The topological polar surface area (TPSA) is 80.9 Å². The Balaban J connectivity index is 1.77. The monoisotopic (exact) mass is 272 g/mol. The molecule has 3 aromatic rings. The fourth-order valence-electron chi connectivity index (χ4n) is 1.43. The number of carbonyl (C=O) groups is 1. The lowest BCUT2D eigenvalue weighted by Crippen LogP contribution is -2.10. The fourth-order valence-corrected chi connectivity index (χ4v) is 2.05. The average Bonchev–Trinajstić information content (AvgIpc) is 3.11. The van der Waals surface area contributed by atoms with Crippen molar-refractivity contribution < 1.29 is 9.21 Å². The van der Waals surface area contributed by atoms with Gasteiger partial charge in [-0.3, -0.25) is 15.1 Å². The molecule has 0 aliphatic heterocycles. The first kappa shape index (κ1) is 11.5. The minimum absolute atomic E-state index is 0.0547. The summed E-state index contributed by atoms with van der Waals surface area (Å²) in [5, 5.41) is 11.9. The molecule has 0 saturated heterocycles. The van der Waals surface area contributed by atoms with Gasteiger partial charge in [0.25, 0.3) is 11.8 Å². The van der Waals surface area contributed by atoms with Crippen molar-refractivity contribution in [1.82, 2.24) is 15.2 Å². The number of aromatic nitrogens is 3. The molecule has 0 saturated carbocycles. The first-order chi connectivity index (χ1) is 9.33. The molecule has 7 heteroatoms. The standard InChI is InChI=1S/C12H8N4O2S/c17-10(9-5-3-7-19-9)14-12-16-15-11(18-12)8-4-1-2-6-13-8/h1-7H,(H,14,16,17). The highest BCUT2D eigenvalue weighted by Crippen LogP contribution is 2.18. The lowest BCUT2D eigenvalue weighted by atomic mass is 10.3. The van der Waals surface area contributed by atoms with Crippen molar-refractivity contribution >= 4 is 23.3 Å². The van der Waals surface area contributed by atoms with Crippen molar-refractivity contribution in [1.29, 1.82) is 0 Å². The summed E-state index contributed by atoms with van der Waals surface area (Å²) in [6, 6.07) is 8.93. The van der Waals surface area contributed by atoms with Crippen LogP contribution in [0.3, 0.4) is 0 Å². The van der Waals surface area contributed by atoms with Gasteiger partial charge in [-0.15, -0.1) is 16.4 Å². The van der Waals surface area contributed by atoms with E-state index in [1.165, 1.54) is 11.3 Å². The van der Waals surface area contributed by atoms with Gasteiger partial charge < -0.3 is 4.42 Å². The molecule has 6 nitrogen and oxygen atoms in total. The van der Waals surface area contributed by atoms with Crippen LogP contribution in [0.25, 0.3) is 11.6 Å². The van der Waals surface area contributed by atoms with E-state index < -0.39 is 0 Å². The maximum Gasteiger partial charge on any atom is 0.322 e. The first-order valence-electron chi connectivity index (χ1n) is 5.43. The molecule has 3 aromatic heterocycles. The van der Waals surface area contributed by atoms with Crippen LogP contribution >= 0.6 is 11.3 Å². The van der Waals surface area contributed by atoms with Gasteiger partial charge in [-0.1, -0.05) is 17.2 Å². The first-order valence-corrected chi connectivity index (χ1v) is 6.30. The van der Waals surface area contributed by atoms with Crippen molar-refractivity contribution in [2.45, 2.75) is 0 Å². The van der Waals surface area contributed by atoms with Gasteiger partial charge in [-0.2, -0.15) is 0 Å². The molecular weight excluding hydrogens is 264 g/mol. The van der Waals surface area contributed by atoms with Gasteiger partial charge in [0.15, 0.2) is 0 Å². The number of amides is 1. The summed E-state index contributed by atoms with van der Waals surface area (Å²) in [5.41, 5.74) is 0.562. The molecule has 0 bridgehead atoms. The number of rotatable bonds is 3. The van der Waals surface area contributed by atoms with Crippen LogP contribution in [0.4, 0.5) is 6.01 Å². The number of thiophene rings is 1. The van der Waals surface area contributed by atoms with Gasteiger partial charge >= 0.3 is 6.01 Å². The van der Waals surface area contributed by atoms with Crippen LogP contribution in [-0.2, 0) is 0 Å². The summed E-state index contributed by atoms with van der Waals surface area (Å²) < 4.78 is 5.33. The quantitative estimate of drug-likeness (QED) is 0.792. The lowest BCUT2D eigenvalue weighted by molar-refractivity contribution is 0.102. The van der Waals surface area contributed by atoms with E-state index in [9.17, 15) is 4.79 Å². The van der Waals surface area contributed by atoms with E-state index >= 15 is 0 Å². The molecule has 0 radical (unpaired) electrons. The number of anilines is 1. The number of carbonyl (C=O) groups excluding carboxylic acids is 1. The largest absolute Gasteiger partial charge is 0.401 e. The molecule has 0 fully saturated rings. The zero-order chi connectivity index (χ0) is 13.1. The van der Waals surface area contributed by atoms with Crippen molar-refractivity contribution in [2.24, 2.45) is 0 Å². The Labute approximate surface area is 112 Å². The Kier molecular flexibility index (Phi) is 3.03. The van der Waals surface area contributed by atoms with Crippen LogP contribution in [0.1, 0.15) is 9.67 Å². The minimum Gasteiger partial charge on any atom is -0.401 e.